The molecule has 6 heteroatoms. The number of carbonyl (C=O) groups is 2. The highest BCUT2D eigenvalue weighted by molar-refractivity contribution is 6.30. The molecule has 23 heavy (non-hydrogen) atoms. The summed E-state index contributed by atoms with van der Waals surface area (Å²) in [5.41, 5.74) is 1.80. The number of halogens is 1. The van der Waals surface area contributed by atoms with Crippen molar-refractivity contribution in [3.63, 3.8) is 0 Å². The van der Waals surface area contributed by atoms with E-state index < -0.39 is 0 Å². The molecule has 2 N–H and O–H groups in total. The van der Waals surface area contributed by atoms with Gasteiger partial charge in [0.25, 0.3) is 5.91 Å². The third kappa shape index (κ3) is 4.72. The lowest BCUT2D eigenvalue weighted by Gasteiger charge is -2.15. The quantitative estimate of drug-likeness (QED) is 0.885. The molecule has 0 spiro atoms. The summed E-state index contributed by atoms with van der Waals surface area (Å²) in [4.78, 5) is 25.4. The van der Waals surface area contributed by atoms with E-state index in [1.807, 2.05) is 12.1 Å². The number of amides is 2. The van der Waals surface area contributed by atoms with Gasteiger partial charge in [-0.1, -0.05) is 23.7 Å². The van der Waals surface area contributed by atoms with Crippen molar-refractivity contribution in [2.24, 2.45) is 0 Å². The van der Waals surface area contributed by atoms with Crippen LogP contribution in [0.4, 0.5) is 11.4 Å². The first kappa shape index (κ1) is 16.8. The Balaban J connectivity index is 2.09. The number of rotatable bonds is 5. The Morgan fingerprint density at radius 1 is 1.00 bits per heavy atom. The molecule has 5 nitrogen and oxygen atoms in total. The summed E-state index contributed by atoms with van der Waals surface area (Å²) in [5.74, 6) is -0.293. The monoisotopic (exact) mass is 331 g/mol. The van der Waals surface area contributed by atoms with Crippen LogP contribution in [0.1, 0.15) is 10.4 Å². The summed E-state index contributed by atoms with van der Waals surface area (Å²) in [5, 5.41) is 6.44. The third-order valence-corrected chi connectivity index (χ3v) is 3.46. The van der Waals surface area contributed by atoms with E-state index in [2.05, 4.69) is 10.6 Å². The van der Waals surface area contributed by atoms with Crippen LogP contribution in [-0.2, 0) is 4.79 Å². The molecule has 0 fully saturated rings. The van der Waals surface area contributed by atoms with E-state index in [0.717, 1.165) is 0 Å². The van der Waals surface area contributed by atoms with Crippen LogP contribution in [0.5, 0.6) is 0 Å². The molecule has 0 saturated carbocycles. The summed E-state index contributed by atoms with van der Waals surface area (Å²) in [6.07, 6.45) is 0. The largest absolute Gasteiger partial charge is 0.374 e. The van der Waals surface area contributed by atoms with Crippen LogP contribution in [0.15, 0.2) is 48.5 Å². The Bertz CT molecular complexity index is 699. The number of hydrogen-bond acceptors (Lipinski definition) is 3. The summed E-state index contributed by atoms with van der Waals surface area (Å²) in [6, 6.07) is 13.9. The maximum Gasteiger partial charge on any atom is 0.255 e. The highest BCUT2D eigenvalue weighted by atomic mass is 35.5. The molecular formula is C17H18ClN3O2. The third-order valence-electron chi connectivity index (χ3n) is 3.21. The van der Waals surface area contributed by atoms with Gasteiger partial charge in [0.05, 0.1) is 17.9 Å². The lowest BCUT2D eigenvalue weighted by molar-refractivity contribution is -0.126. The van der Waals surface area contributed by atoms with Gasteiger partial charge in [-0.3, -0.25) is 9.59 Å². The average molecular weight is 332 g/mol. The van der Waals surface area contributed by atoms with Crippen molar-refractivity contribution in [2.75, 3.05) is 31.3 Å². The van der Waals surface area contributed by atoms with Crippen LogP contribution >= 0.6 is 11.6 Å². The van der Waals surface area contributed by atoms with E-state index in [1.54, 1.807) is 50.5 Å². The zero-order valence-corrected chi connectivity index (χ0v) is 13.7. The number of nitrogens with zero attached hydrogens (tertiary/aromatic N) is 1. The molecule has 0 radical (unpaired) electrons. The zero-order valence-electron chi connectivity index (χ0n) is 13.0. The second-order valence-corrected chi connectivity index (χ2v) is 5.58. The predicted octanol–water partition coefficient (Wildman–Crippen LogP) is 3.09. The van der Waals surface area contributed by atoms with Gasteiger partial charge in [-0.25, -0.2) is 0 Å². The molecule has 2 aromatic rings. The minimum atomic E-state index is -0.241. The maximum atomic E-state index is 12.3. The van der Waals surface area contributed by atoms with E-state index in [9.17, 15) is 9.59 Å². The lowest BCUT2D eigenvalue weighted by Crippen LogP contribution is -2.28. The summed E-state index contributed by atoms with van der Waals surface area (Å²) >= 11 is 5.82. The predicted molar refractivity (Wildman–Crippen MR) is 93.0 cm³/mol. The summed E-state index contributed by atoms with van der Waals surface area (Å²) < 4.78 is 0. The molecule has 0 bridgehead atoms. The lowest BCUT2D eigenvalue weighted by atomic mass is 10.2. The number of likely N-dealkylation sites (N-methyl/N-ethyl adjacent to an activating group) is 1. The van der Waals surface area contributed by atoms with E-state index in [-0.39, 0.29) is 18.4 Å². The number of para-hydroxylation sites is 2. The second kappa shape index (κ2) is 7.65. The molecule has 0 aliphatic rings. The first-order valence-corrected chi connectivity index (χ1v) is 7.45. The Morgan fingerprint density at radius 3 is 2.22 bits per heavy atom. The molecule has 0 unspecified atom stereocenters. The van der Waals surface area contributed by atoms with Gasteiger partial charge >= 0.3 is 0 Å². The molecule has 2 amide bonds. The van der Waals surface area contributed by atoms with Crippen LogP contribution in [0.2, 0.25) is 5.02 Å². The van der Waals surface area contributed by atoms with Gasteiger partial charge in [0, 0.05) is 24.7 Å². The number of benzene rings is 2. The molecule has 0 aliphatic heterocycles. The van der Waals surface area contributed by atoms with Gasteiger partial charge in [-0.05, 0) is 36.4 Å². The van der Waals surface area contributed by atoms with E-state index in [1.165, 1.54) is 4.90 Å². The van der Waals surface area contributed by atoms with Crippen molar-refractivity contribution < 1.29 is 9.59 Å². The summed E-state index contributed by atoms with van der Waals surface area (Å²) in [6.45, 7) is 0.154. The SMILES string of the molecule is CN(C)C(=O)CNc1ccccc1NC(=O)c1ccc(Cl)cc1. The molecule has 120 valence electrons. The number of anilines is 2. The highest BCUT2D eigenvalue weighted by Gasteiger charge is 2.10. The molecular weight excluding hydrogens is 314 g/mol. The zero-order chi connectivity index (χ0) is 16.8. The van der Waals surface area contributed by atoms with Crippen LogP contribution < -0.4 is 10.6 Å². The fraction of sp³-hybridized carbons (Fsp3) is 0.176. The Hall–Kier alpha value is -2.53. The van der Waals surface area contributed by atoms with Crippen LogP contribution in [0, 0.1) is 0 Å². The molecule has 0 atom stereocenters. The average Bonchev–Trinajstić information content (AvgIpc) is 2.54. The Labute approximate surface area is 140 Å². The second-order valence-electron chi connectivity index (χ2n) is 5.15. The minimum absolute atomic E-state index is 0.0520. The number of carbonyl (C=O) groups excluding carboxylic acids is 2. The molecule has 0 aromatic heterocycles. The molecule has 0 aliphatic carbocycles. The van der Waals surface area contributed by atoms with Gasteiger partial charge in [0.2, 0.25) is 5.91 Å². The normalized spacial score (nSPS) is 10.0. The van der Waals surface area contributed by atoms with Crippen LogP contribution in [0.25, 0.3) is 0 Å². The van der Waals surface area contributed by atoms with Gasteiger partial charge < -0.3 is 15.5 Å². The minimum Gasteiger partial charge on any atom is -0.374 e. The fourth-order valence-corrected chi connectivity index (χ4v) is 2.00. The van der Waals surface area contributed by atoms with Gasteiger partial charge in [-0.2, -0.15) is 0 Å². The van der Waals surface area contributed by atoms with Crippen LogP contribution in [-0.4, -0.2) is 37.4 Å². The van der Waals surface area contributed by atoms with Gasteiger partial charge in [-0.15, -0.1) is 0 Å². The Kier molecular flexibility index (Phi) is 5.60. The first-order valence-electron chi connectivity index (χ1n) is 7.07. The van der Waals surface area contributed by atoms with Gasteiger partial charge in [0.15, 0.2) is 0 Å². The number of nitrogens with one attached hydrogen (secondary N) is 2. The topological polar surface area (TPSA) is 61.4 Å². The van der Waals surface area contributed by atoms with E-state index >= 15 is 0 Å². The van der Waals surface area contributed by atoms with Crippen LogP contribution in [0.3, 0.4) is 0 Å². The van der Waals surface area contributed by atoms with Crippen molar-refractivity contribution in [2.45, 2.75) is 0 Å². The molecule has 2 rings (SSSR count). The standard InChI is InChI=1S/C17H18ClN3O2/c1-21(2)16(22)11-19-14-5-3-4-6-15(14)20-17(23)12-7-9-13(18)10-8-12/h3-10,19H,11H2,1-2H3,(H,20,23). The van der Waals surface area contributed by atoms with Crippen molar-refractivity contribution in [3.05, 3.63) is 59.1 Å². The molecule has 0 heterocycles. The van der Waals surface area contributed by atoms with Gasteiger partial charge in [0.1, 0.15) is 0 Å². The van der Waals surface area contributed by atoms with Crippen molar-refractivity contribution in [1.82, 2.24) is 4.90 Å². The fourth-order valence-electron chi connectivity index (χ4n) is 1.87. The van der Waals surface area contributed by atoms with E-state index in [4.69, 9.17) is 11.6 Å². The van der Waals surface area contributed by atoms with Crippen molar-refractivity contribution in [3.8, 4) is 0 Å². The van der Waals surface area contributed by atoms with E-state index in [0.29, 0.717) is 22.0 Å². The van der Waals surface area contributed by atoms with Crippen molar-refractivity contribution in [1.29, 1.82) is 0 Å². The molecule has 2 aromatic carbocycles. The smallest absolute Gasteiger partial charge is 0.255 e. The Morgan fingerprint density at radius 2 is 1.61 bits per heavy atom. The first-order chi connectivity index (χ1) is 11.0. The van der Waals surface area contributed by atoms with Crippen molar-refractivity contribution >= 4 is 34.8 Å². The molecule has 0 saturated heterocycles. The maximum absolute atomic E-state index is 12.3. The highest BCUT2D eigenvalue weighted by Crippen LogP contribution is 2.22. The number of hydrogen-bond donors (Lipinski definition) is 2. The summed E-state index contributed by atoms with van der Waals surface area (Å²) in [7, 11) is 3.39.